The van der Waals surface area contributed by atoms with Gasteiger partial charge in [-0.3, -0.25) is 14.9 Å². The van der Waals surface area contributed by atoms with E-state index in [-0.39, 0.29) is 5.75 Å². The van der Waals surface area contributed by atoms with Crippen molar-refractivity contribution in [2.45, 2.75) is 25.9 Å². The monoisotopic (exact) mass is 359 g/mol. The number of ether oxygens (including phenoxy) is 1. The maximum Gasteiger partial charge on any atom is 0.573 e. The van der Waals surface area contributed by atoms with Crippen LogP contribution in [0.2, 0.25) is 0 Å². The second-order valence-electron chi connectivity index (χ2n) is 6.29. The molecule has 0 bridgehead atoms. The van der Waals surface area contributed by atoms with E-state index in [1.54, 1.807) is 18.3 Å². The number of hydrogen-bond acceptors (Lipinski definition) is 4. The first-order valence-corrected chi connectivity index (χ1v) is 8.27. The molecule has 7 heteroatoms. The molecule has 0 amide bonds. The van der Waals surface area contributed by atoms with E-state index in [1.165, 1.54) is 12.1 Å². The fourth-order valence-electron chi connectivity index (χ4n) is 3.21. The zero-order valence-corrected chi connectivity index (χ0v) is 13.8. The lowest BCUT2D eigenvalue weighted by Crippen LogP contribution is -2.30. The maximum absolute atomic E-state index is 12.2. The molecule has 4 nitrogen and oxygen atoms in total. The average molecular weight is 359 g/mol. The van der Waals surface area contributed by atoms with Crippen molar-refractivity contribution in [3.8, 4) is 5.75 Å². The Morgan fingerprint density at radius 1 is 1.08 bits per heavy atom. The van der Waals surface area contributed by atoms with Crippen LogP contribution in [0.15, 0.2) is 48.7 Å². The summed E-state index contributed by atoms with van der Waals surface area (Å²) in [6, 6.07) is 11.9. The quantitative estimate of drug-likeness (QED) is 0.706. The highest BCUT2D eigenvalue weighted by molar-refractivity contribution is 5.74. The van der Waals surface area contributed by atoms with Crippen LogP contribution < -0.4 is 4.74 Å². The molecule has 26 heavy (non-hydrogen) atoms. The molecule has 0 atom stereocenters. The first-order chi connectivity index (χ1) is 12.5. The molecule has 2 aromatic heterocycles. The van der Waals surface area contributed by atoms with Crippen LogP contribution in [-0.2, 0) is 19.5 Å². The SMILES string of the molecule is FC(F)(F)Oc1ccc(CN2CCc3nc4cccnc4cc3C2)cc1. The van der Waals surface area contributed by atoms with Gasteiger partial charge in [0.05, 0.1) is 11.0 Å². The molecule has 134 valence electrons. The van der Waals surface area contributed by atoms with E-state index in [2.05, 4.69) is 20.7 Å². The normalized spacial score (nSPS) is 15.0. The van der Waals surface area contributed by atoms with Gasteiger partial charge in [-0.2, -0.15) is 0 Å². The fourth-order valence-corrected chi connectivity index (χ4v) is 3.21. The van der Waals surface area contributed by atoms with Crippen molar-refractivity contribution in [2.75, 3.05) is 6.54 Å². The van der Waals surface area contributed by atoms with Crippen LogP contribution in [0.4, 0.5) is 13.2 Å². The van der Waals surface area contributed by atoms with Crippen LogP contribution in [-0.4, -0.2) is 27.8 Å². The van der Waals surface area contributed by atoms with Gasteiger partial charge in [0.2, 0.25) is 0 Å². The minimum absolute atomic E-state index is 0.202. The Morgan fingerprint density at radius 3 is 2.65 bits per heavy atom. The van der Waals surface area contributed by atoms with E-state index in [0.29, 0.717) is 6.54 Å². The van der Waals surface area contributed by atoms with Gasteiger partial charge in [-0.15, -0.1) is 13.2 Å². The van der Waals surface area contributed by atoms with Crippen LogP contribution in [0.3, 0.4) is 0 Å². The summed E-state index contributed by atoms with van der Waals surface area (Å²) < 4.78 is 40.6. The Bertz CT molecular complexity index is 925. The third kappa shape index (κ3) is 3.77. The summed E-state index contributed by atoms with van der Waals surface area (Å²) in [5.41, 5.74) is 4.96. The molecule has 1 aromatic carbocycles. The number of rotatable bonds is 3. The third-order valence-corrected chi connectivity index (χ3v) is 4.38. The molecular formula is C19H16F3N3O. The molecule has 0 saturated carbocycles. The van der Waals surface area contributed by atoms with Gasteiger partial charge in [0.1, 0.15) is 5.75 Å². The fraction of sp³-hybridized carbons (Fsp3) is 0.263. The lowest BCUT2D eigenvalue weighted by atomic mass is 10.0. The predicted molar refractivity (Wildman–Crippen MR) is 90.5 cm³/mol. The zero-order valence-electron chi connectivity index (χ0n) is 13.8. The van der Waals surface area contributed by atoms with E-state index in [1.807, 2.05) is 12.1 Å². The van der Waals surface area contributed by atoms with E-state index < -0.39 is 6.36 Å². The van der Waals surface area contributed by atoms with Gasteiger partial charge in [-0.1, -0.05) is 12.1 Å². The van der Waals surface area contributed by atoms with Gasteiger partial charge in [0, 0.05) is 37.9 Å². The lowest BCUT2D eigenvalue weighted by molar-refractivity contribution is -0.274. The van der Waals surface area contributed by atoms with Crippen LogP contribution in [0.1, 0.15) is 16.8 Å². The van der Waals surface area contributed by atoms with Crippen LogP contribution in [0.5, 0.6) is 5.75 Å². The topological polar surface area (TPSA) is 38.2 Å². The van der Waals surface area contributed by atoms with Gasteiger partial charge in [-0.05, 0) is 41.5 Å². The standard InChI is InChI=1S/C19H16F3N3O/c20-19(21,22)26-15-5-3-13(4-6-15)11-25-9-7-16-14(12-25)10-18-17(24-16)2-1-8-23-18/h1-6,8,10H,7,9,11-12H2. The highest BCUT2D eigenvalue weighted by Crippen LogP contribution is 2.25. The molecule has 1 aliphatic rings. The molecule has 3 aromatic rings. The first kappa shape index (κ1) is 16.8. The minimum atomic E-state index is -4.66. The maximum atomic E-state index is 12.2. The molecule has 0 saturated heterocycles. The first-order valence-electron chi connectivity index (χ1n) is 8.27. The average Bonchev–Trinajstić information content (AvgIpc) is 2.60. The predicted octanol–water partition coefficient (Wildman–Crippen LogP) is 4.09. The van der Waals surface area contributed by atoms with Crippen molar-refractivity contribution >= 4 is 11.0 Å². The summed E-state index contributed by atoms with van der Waals surface area (Å²) in [5.74, 6) is -0.202. The number of nitrogens with zero attached hydrogens (tertiary/aromatic N) is 3. The Morgan fingerprint density at radius 2 is 1.88 bits per heavy atom. The highest BCUT2D eigenvalue weighted by atomic mass is 19.4. The molecule has 0 unspecified atom stereocenters. The number of hydrogen-bond donors (Lipinski definition) is 0. The Kier molecular flexibility index (Phi) is 4.24. The lowest BCUT2D eigenvalue weighted by Gasteiger charge is -2.28. The van der Waals surface area contributed by atoms with Crippen molar-refractivity contribution in [3.63, 3.8) is 0 Å². The number of aromatic nitrogens is 2. The van der Waals surface area contributed by atoms with Crippen molar-refractivity contribution in [2.24, 2.45) is 0 Å². The van der Waals surface area contributed by atoms with E-state index in [9.17, 15) is 13.2 Å². The van der Waals surface area contributed by atoms with E-state index in [0.717, 1.165) is 47.4 Å². The minimum Gasteiger partial charge on any atom is -0.406 e. The number of benzene rings is 1. The second kappa shape index (κ2) is 6.57. The van der Waals surface area contributed by atoms with Crippen LogP contribution >= 0.6 is 0 Å². The van der Waals surface area contributed by atoms with Gasteiger partial charge in [0.15, 0.2) is 0 Å². The van der Waals surface area contributed by atoms with Crippen molar-refractivity contribution in [1.82, 2.24) is 14.9 Å². The zero-order chi connectivity index (χ0) is 18.1. The third-order valence-electron chi connectivity index (χ3n) is 4.38. The van der Waals surface area contributed by atoms with Crippen molar-refractivity contribution in [3.05, 3.63) is 65.5 Å². The summed E-state index contributed by atoms with van der Waals surface area (Å²) in [6.07, 6.45) is -2.07. The molecule has 0 radical (unpaired) electrons. The Hall–Kier alpha value is -2.67. The van der Waals surface area contributed by atoms with Gasteiger partial charge < -0.3 is 4.74 Å². The van der Waals surface area contributed by atoms with Gasteiger partial charge >= 0.3 is 6.36 Å². The number of pyridine rings is 2. The molecule has 4 rings (SSSR count). The van der Waals surface area contributed by atoms with Crippen LogP contribution in [0.25, 0.3) is 11.0 Å². The van der Waals surface area contributed by atoms with Crippen molar-refractivity contribution in [1.29, 1.82) is 0 Å². The summed E-state index contributed by atoms with van der Waals surface area (Å²) in [6.45, 7) is 2.26. The molecular weight excluding hydrogens is 343 g/mol. The second-order valence-corrected chi connectivity index (χ2v) is 6.29. The summed E-state index contributed by atoms with van der Waals surface area (Å²) in [7, 11) is 0. The number of fused-ring (bicyclic) bond motifs is 2. The Balaban J connectivity index is 1.46. The number of alkyl halides is 3. The molecule has 0 fully saturated rings. The smallest absolute Gasteiger partial charge is 0.406 e. The molecule has 0 N–H and O–H groups in total. The molecule has 3 heterocycles. The largest absolute Gasteiger partial charge is 0.573 e. The van der Waals surface area contributed by atoms with Gasteiger partial charge in [0.25, 0.3) is 0 Å². The molecule has 0 aliphatic carbocycles. The van der Waals surface area contributed by atoms with Crippen molar-refractivity contribution < 1.29 is 17.9 Å². The Labute approximate surface area is 148 Å². The number of halogens is 3. The molecule has 0 spiro atoms. The molecule has 1 aliphatic heterocycles. The van der Waals surface area contributed by atoms with E-state index in [4.69, 9.17) is 4.98 Å². The summed E-state index contributed by atoms with van der Waals surface area (Å²) in [4.78, 5) is 11.3. The highest BCUT2D eigenvalue weighted by Gasteiger charge is 2.31. The summed E-state index contributed by atoms with van der Waals surface area (Å²) >= 11 is 0. The van der Waals surface area contributed by atoms with Gasteiger partial charge in [-0.25, -0.2) is 0 Å². The summed E-state index contributed by atoms with van der Waals surface area (Å²) in [5, 5.41) is 0. The van der Waals surface area contributed by atoms with Crippen LogP contribution in [0, 0.1) is 0 Å². The van der Waals surface area contributed by atoms with E-state index >= 15 is 0 Å².